The van der Waals surface area contributed by atoms with Crippen LogP contribution in [0.1, 0.15) is 5.56 Å². The Kier molecular flexibility index (Phi) is 7.02. The zero-order valence-corrected chi connectivity index (χ0v) is 14.5. The van der Waals surface area contributed by atoms with Gasteiger partial charge in [-0.3, -0.25) is 4.21 Å². The summed E-state index contributed by atoms with van der Waals surface area (Å²) in [5.74, 6) is 0.259. The van der Waals surface area contributed by atoms with Gasteiger partial charge in [0.15, 0.2) is 5.96 Å². The lowest BCUT2D eigenvalue weighted by atomic mass is 10.2. The number of hydrogen-bond acceptors (Lipinski definition) is 3. The second-order valence-electron chi connectivity index (χ2n) is 5.18. The van der Waals surface area contributed by atoms with Crippen LogP contribution in [0.2, 0.25) is 0 Å². The van der Waals surface area contributed by atoms with E-state index in [9.17, 15) is 17.4 Å². The van der Waals surface area contributed by atoms with Crippen molar-refractivity contribution in [2.45, 2.75) is 17.8 Å². The molecule has 0 aliphatic heterocycles. The highest BCUT2D eigenvalue weighted by Crippen LogP contribution is 2.22. The monoisotopic (exact) mass is 385 g/mol. The van der Waals surface area contributed by atoms with Crippen LogP contribution in [0.4, 0.5) is 13.2 Å². The number of nitrogens with zero attached hydrogens (tertiary/aromatic N) is 1. The highest BCUT2D eigenvalue weighted by atomic mass is 32.2. The largest absolute Gasteiger partial charge is 0.573 e. The topological polar surface area (TPSA) is 76.7 Å². The first-order valence-electron chi connectivity index (χ1n) is 7.65. The van der Waals surface area contributed by atoms with Gasteiger partial charge < -0.3 is 15.8 Å². The van der Waals surface area contributed by atoms with Crippen molar-refractivity contribution < 1.29 is 22.1 Å². The highest BCUT2D eigenvalue weighted by Gasteiger charge is 2.30. The number of rotatable bonds is 7. The van der Waals surface area contributed by atoms with E-state index in [1.54, 1.807) is 12.1 Å². The molecule has 0 radical (unpaired) electrons. The average molecular weight is 385 g/mol. The Labute approximate surface area is 151 Å². The van der Waals surface area contributed by atoms with Crippen molar-refractivity contribution >= 4 is 16.8 Å². The van der Waals surface area contributed by atoms with Crippen molar-refractivity contribution in [3.05, 3.63) is 60.2 Å². The van der Waals surface area contributed by atoms with Gasteiger partial charge in [0.1, 0.15) is 5.75 Å². The van der Waals surface area contributed by atoms with Crippen LogP contribution in [0.3, 0.4) is 0 Å². The number of hydrogen-bond donors (Lipinski definition) is 2. The number of nitrogens with two attached hydrogens (primary N) is 1. The molecule has 9 heteroatoms. The number of ether oxygens (including phenoxy) is 1. The summed E-state index contributed by atoms with van der Waals surface area (Å²) >= 11 is 0. The summed E-state index contributed by atoms with van der Waals surface area (Å²) in [7, 11) is -1.13. The molecule has 0 aliphatic carbocycles. The molecule has 0 heterocycles. The molecule has 2 aromatic rings. The lowest BCUT2D eigenvalue weighted by Crippen LogP contribution is -2.34. The molecule has 0 bridgehead atoms. The third-order valence-electron chi connectivity index (χ3n) is 3.19. The van der Waals surface area contributed by atoms with Gasteiger partial charge >= 0.3 is 6.36 Å². The predicted molar refractivity (Wildman–Crippen MR) is 94.2 cm³/mol. The summed E-state index contributed by atoms with van der Waals surface area (Å²) in [5.41, 5.74) is 6.40. The molecule has 2 aromatic carbocycles. The second-order valence-corrected chi connectivity index (χ2v) is 6.75. The number of alkyl halides is 3. The van der Waals surface area contributed by atoms with Gasteiger partial charge in [0, 0.05) is 17.2 Å². The highest BCUT2D eigenvalue weighted by molar-refractivity contribution is 7.85. The van der Waals surface area contributed by atoms with E-state index in [0.29, 0.717) is 17.9 Å². The fourth-order valence-electron chi connectivity index (χ4n) is 1.99. The summed E-state index contributed by atoms with van der Waals surface area (Å²) < 4.78 is 52.1. The molecule has 26 heavy (non-hydrogen) atoms. The zero-order valence-electron chi connectivity index (χ0n) is 13.7. The van der Waals surface area contributed by atoms with Crippen LogP contribution in [0.15, 0.2) is 64.5 Å². The van der Waals surface area contributed by atoms with E-state index in [4.69, 9.17) is 5.73 Å². The normalized spacial score (nSPS) is 13.3. The number of guanidine groups is 1. The van der Waals surface area contributed by atoms with Crippen LogP contribution in [0, 0.1) is 0 Å². The van der Waals surface area contributed by atoms with Crippen molar-refractivity contribution in [2.75, 3.05) is 12.3 Å². The van der Waals surface area contributed by atoms with Gasteiger partial charge in [-0.25, -0.2) is 4.99 Å². The van der Waals surface area contributed by atoms with E-state index >= 15 is 0 Å². The molecule has 0 aromatic heterocycles. The van der Waals surface area contributed by atoms with Gasteiger partial charge in [-0.15, -0.1) is 13.2 Å². The number of nitrogens with one attached hydrogen (secondary N) is 1. The molecular weight excluding hydrogens is 367 g/mol. The van der Waals surface area contributed by atoms with Crippen LogP contribution in [-0.2, 0) is 17.3 Å². The standard InChI is InChI=1S/C17H18F3N3O2S/c18-17(19,20)25-14-8-6-13(7-9-14)12-23-16(21)22-10-11-26(24)15-4-2-1-3-5-15/h1-9H,10-12H2,(H3,21,22,23). The molecule has 0 spiro atoms. The summed E-state index contributed by atoms with van der Waals surface area (Å²) in [6.45, 7) is 0.585. The SMILES string of the molecule is NC(=NCc1ccc(OC(F)(F)F)cc1)NCCS(=O)c1ccccc1. The Morgan fingerprint density at radius 1 is 1.12 bits per heavy atom. The quantitative estimate of drug-likeness (QED) is 0.568. The van der Waals surface area contributed by atoms with E-state index < -0.39 is 17.2 Å². The molecule has 3 N–H and O–H groups in total. The first-order chi connectivity index (χ1) is 12.3. The molecule has 1 atom stereocenters. The predicted octanol–water partition coefficient (Wildman–Crippen LogP) is 2.80. The van der Waals surface area contributed by atoms with E-state index in [1.165, 1.54) is 24.3 Å². The number of aliphatic imine (C=N–C) groups is 1. The van der Waals surface area contributed by atoms with Gasteiger partial charge in [-0.1, -0.05) is 30.3 Å². The Bertz CT molecular complexity index is 750. The Morgan fingerprint density at radius 3 is 2.38 bits per heavy atom. The Morgan fingerprint density at radius 2 is 1.77 bits per heavy atom. The maximum atomic E-state index is 12.1. The molecule has 140 valence electrons. The maximum Gasteiger partial charge on any atom is 0.573 e. The molecule has 0 aliphatic rings. The molecular formula is C17H18F3N3O2S. The third-order valence-corrected chi connectivity index (χ3v) is 4.56. The summed E-state index contributed by atoms with van der Waals surface area (Å²) in [6.07, 6.45) is -4.71. The molecule has 2 rings (SSSR count). The Hall–Kier alpha value is -2.55. The van der Waals surface area contributed by atoms with Gasteiger partial charge in [0.2, 0.25) is 0 Å². The van der Waals surface area contributed by atoms with Gasteiger partial charge in [0.05, 0.1) is 17.3 Å². The molecule has 1 unspecified atom stereocenters. The van der Waals surface area contributed by atoms with Crippen molar-refractivity contribution in [3.63, 3.8) is 0 Å². The van der Waals surface area contributed by atoms with Crippen molar-refractivity contribution in [2.24, 2.45) is 10.7 Å². The molecule has 5 nitrogen and oxygen atoms in total. The van der Waals surface area contributed by atoms with Gasteiger partial charge in [-0.2, -0.15) is 0 Å². The van der Waals surface area contributed by atoms with Crippen LogP contribution in [0.25, 0.3) is 0 Å². The summed E-state index contributed by atoms with van der Waals surface area (Å²) in [6, 6.07) is 14.5. The average Bonchev–Trinajstić information content (AvgIpc) is 2.60. The van der Waals surface area contributed by atoms with Crippen LogP contribution < -0.4 is 15.8 Å². The number of benzene rings is 2. The first-order valence-corrected chi connectivity index (χ1v) is 8.97. The lowest BCUT2D eigenvalue weighted by Gasteiger charge is -2.09. The minimum Gasteiger partial charge on any atom is -0.406 e. The zero-order chi connectivity index (χ0) is 19.0. The van der Waals surface area contributed by atoms with Crippen molar-refractivity contribution in [1.29, 1.82) is 0 Å². The lowest BCUT2D eigenvalue weighted by molar-refractivity contribution is -0.274. The fourth-order valence-corrected chi connectivity index (χ4v) is 2.97. The van der Waals surface area contributed by atoms with Crippen molar-refractivity contribution in [1.82, 2.24) is 5.32 Å². The van der Waals surface area contributed by atoms with Crippen LogP contribution in [0.5, 0.6) is 5.75 Å². The summed E-state index contributed by atoms with van der Waals surface area (Å²) in [5, 5.41) is 2.86. The molecule has 0 saturated carbocycles. The molecule has 0 amide bonds. The maximum absolute atomic E-state index is 12.1. The van der Waals surface area contributed by atoms with E-state index in [2.05, 4.69) is 15.0 Å². The van der Waals surface area contributed by atoms with E-state index in [-0.39, 0.29) is 18.3 Å². The minimum absolute atomic E-state index is 0.172. The fraction of sp³-hybridized carbons (Fsp3) is 0.235. The van der Waals surface area contributed by atoms with E-state index in [0.717, 1.165) is 4.90 Å². The molecule has 0 saturated heterocycles. The first kappa shape index (κ1) is 19.8. The van der Waals surface area contributed by atoms with Crippen LogP contribution in [-0.4, -0.2) is 28.8 Å². The van der Waals surface area contributed by atoms with Crippen LogP contribution >= 0.6 is 0 Å². The second kappa shape index (κ2) is 9.23. The number of halogens is 3. The van der Waals surface area contributed by atoms with E-state index in [1.807, 2.05) is 18.2 Å². The smallest absolute Gasteiger partial charge is 0.406 e. The minimum atomic E-state index is -4.71. The van der Waals surface area contributed by atoms with Crippen molar-refractivity contribution in [3.8, 4) is 5.75 Å². The Balaban J connectivity index is 1.76. The third kappa shape index (κ3) is 7.14. The van der Waals surface area contributed by atoms with Gasteiger partial charge in [-0.05, 0) is 29.8 Å². The van der Waals surface area contributed by atoms with Gasteiger partial charge in [0.25, 0.3) is 0 Å². The summed E-state index contributed by atoms with van der Waals surface area (Å²) in [4.78, 5) is 4.83. The molecule has 0 fully saturated rings.